The Hall–Kier alpha value is -1.97. The van der Waals surface area contributed by atoms with Crippen LogP contribution in [0.25, 0.3) is 0 Å². The van der Waals surface area contributed by atoms with E-state index in [4.69, 9.17) is 9.47 Å². The van der Waals surface area contributed by atoms with E-state index < -0.39 is 0 Å². The lowest BCUT2D eigenvalue weighted by atomic mass is 10.3. The molecule has 0 radical (unpaired) electrons. The van der Waals surface area contributed by atoms with Crippen LogP contribution in [-0.4, -0.2) is 23.2 Å². The molecule has 0 aliphatic heterocycles. The summed E-state index contributed by atoms with van der Waals surface area (Å²) in [7, 11) is 0. The molecule has 0 fully saturated rings. The van der Waals surface area contributed by atoms with Crippen LogP contribution >= 0.6 is 0 Å². The fourth-order valence-corrected chi connectivity index (χ4v) is 1.14. The molecule has 0 saturated carbocycles. The number of H-pyrrole nitrogens is 1. The fourth-order valence-electron chi connectivity index (χ4n) is 1.14. The van der Waals surface area contributed by atoms with Gasteiger partial charge in [-0.25, -0.2) is 4.98 Å². The Morgan fingerprint density at radius 3 is 2.60 bits per heavy atom. The number of aromatic amines is 1. The van der Waals surface area contributed by atoms with Crippen molar-refractivity contribution in [2.45, 2.75) is 0 Å². The number of para-hydroxylation sites is 1. The first-order chi connectivity index (χ1) is 7.45. The summed E-state index contributed by atoms with van der Waals surface area (Å²) in [4.78, 5) is 6.77. The van der Waals surface area contributed by atoms with E-state index in [1.54, 1.807) is 12.4 Å². The number of hydrogen-bond acceptors (Lipinski definition) is 3. The summed E-state index contributed by atoms with van der Waals surface area (Å²) in [6.45, 7) is 0.979. The Labute approximate surface area is 87.9 Å². The van der Waals surface area contributed by atoms with Crippen molar-refractivity contribution in [3.8, 4) is 11.8 Å². The number of nitrogens with zero attached hydrogens (tertiary/aromatic N) is 1. The number of ether oxygens (including phenoxy) is 2. The second-order valence-electron chi connectivity index (χ2n) is 2.90. The van der Waals surface area contributed by atoms with Crippen LogP contribution in [0.1, 0.15) is 0 Å². The first-order valence-corrected chi connectivity index (χ1v) is 4.75. The van der Waals surface area contributed by atoms with Gasteiger partial charge in [-0.15, -0.1) is 0 Å². The van der Waals surface area contributed by atoms with E-state index >= 15 is 0 Å². The van der Waals surface area contributed by atoms with E-state index in [0.29, 0.717) is 19.2 Å². The Bertz CT molecular complexity index is 373. The Morgan fingerprint density at radius 2 is 1.87 bits per heavy atom. The van der Waals surface area contributed by atoms with Crippen LogP contribution in [0.2, 0.25) is 0 Å². The van der Waals surface area contributed by atoms with Gasteiger partial charge in [0, 0.05) is 12.4 Å². The third-order valence-corrected chi connectivity index (χ3v) is 1.81. The van der Waals surface area contributed by atoms with Gasteiger partial charge in [-0.1, -0.05) is 18.2 Å². The average Bonchev–Trinajstić information content (AvgIpc) is 2.79. The summed E-state index contributed by atoms with van der Waals surface area (Å²) in [5.74, 6) is 0.848. The topological polar surface area (TPSA) is 47.1 Å². The number of nitrogens with one attached hydrogen (secondary N) is 1. The highest BCUT2D eigenvalue weighted by Crippen LogP contribution is 2.07. The SMILES string of the molecule is c1ccc(OCCOc2ncc[nH]2)cc1. The molecule has 4 nitrogen and oxygen atoms in total. The molecular formula is C11H12N2O2. The molecule has 0 aliphatic rings. The molecule has 0 bridgehead atoms. The molecule has 0 saturated heterocycles. The summed E-state index contributed by atoms with van der Waals surface area (Å²) in [5.41, 5.74) is 0. The van der Waals surface area contributed by atoms with Gasteiger partial charge in [0.25, 0.3) is 6.01 Å². The molecular weight excluding hydrogens is 192 g/mol. The zero-order chi connectivity index (χ0) is 10.3. The van der Waals surface area contributed by atoms with Crippen LogP contribution in [-0.2, 0) is 0 Å². The van der Waals surface area contributed by atoms with Crippen molar-refractivity contribution in [1.29, 1.82) is 0 Å². The fraction of sp³-hybridized carbons (Fsp3) is 0.182. The van der Waals surface area contributed by atoms with Gasteiger partial charge >= 0.3 is 0 Å². The maximum Gasteiger partial charge on any atom is 0.293 e. The average molecular weight is 204 g/mol. The van der Waals surface area contributed by atoms with E-state index in [1.165, 1.54) is 0 Å². The minimum absolute atomic E-state index is 0.475. The van der Waals surface area contributed by atoms with Crippen LogP contribution < -0.4 is 9.47 Å². The van der Waals surface area contributed by atoms with Gasteiger partial charge in [0.15, 0.2) is 0 Å². The summed E-state index contributed by atoms with van der Waals surface area (Å²) < 4.78 is 10.7. The van der Waals surface area contributed by atoms with Crippen molar-refractivity contribution in [2.75, 3.05) is 13.2 Å². The summed E-state index contributed by atoms with van der Waals surface area (Å²) in [5, 5.41) is 0. The van der Waals surface area contributed by atoms with Crippen molar-refractivity contribution < 1.29 is 9.47 Å². The summed E-state index contributed by atoms with van der Waals surface area (Å²) >= 11 is 0. The van der Waals surface area contributed by atoms with Crippen molar-refractivity contribution in [3.05, 3.63) is 42.7 Å². The van der Waals surface area contributed by atoms with Gasteiger partial charge in [0.05, 0.1) is 0 Å². The lowest BCUT2D eigenvalue weighted by Crippen LogP contribution is -2.09. The third kappa shape index (κ3) is 3.02. The van der Waals surface area contributed by atoms with E-state index in [0.717, 1.165) is 5.75 Å². The number of benzene rings is 1. The second-order valence-corrected chi connectivity index (χ2v) is 2.90. The maximum absolute atomic E-state index is 5.44. The smallest absolute Gasteiger partial charge is 0.293 e. The predicted octanol–water partition coefficient (Wildman–Crippen LogP) is 1.87. The highest BCUT2D eigenvalue weighted by Gasteiger charge is 1.95. The van der Waals surface area contributed by atoms with Gasteiger partial charge < -0.3 is 14.5 Å². The van der Waals surface area contributed by atoms with E-state index in [9.17, 15) is 0 Å². The van der Waals surface area contributed by atoms with Crippen molar-refractivity contribution in [2.24, 2.45) is 0 Å². The first kappa shape index (κ1) is 9.58. The van der Waals surface area contributed by atoms with E-state index in [2.05, 4.69) is 9.97 Å². The van der Waals surface area contributed by atoms with Gasteiger partial charge in [-0.2, -0.15) is 0 Å². The molecule has 4 heteroatoms. The van der Waals surface area contributed by atoms with Crippen molar-refractivity contribution >= 4 is 0 Å². The van der Waals surface area contributed by atoms with Crippen molar-refractivity contribution in [1.82, 2.24) is 9.97 Å². The van der Waals surface area contributed by atoms with Crippen LogP contribution in [0.4, 0.5) is 0 Å². The quantitative estimate of drug-likeness (QED) is 0.756. The Balaban J connectivity index is 1.68. The van der Waals surface area contributed by atoms with Crippen LogP contribution in [0.3, 0.4) is 0 Å². The lowest BCUT2D eigenvalue weighted by Gasteiger charge is -2.05. The normalized spacial score (nSPS) is 9.87. The number of imidazole rings is 1. The van der Waals surface area contributed by atoms with Crippen LogP contribution in [0.5, 0.6) is 11.8 Å². The molecule has 1 N–H and O–H groups in total. The standard InChI is InChI=1S/C11H12N2O2/c1-2-4-10(5-3-1)14-8-9-15-11-12-6-7-13-11/h1-7H,8-9H2,(H,12,13). The lowest BCUT2D eigenvalue weighted by molar-refractivity contribution is 0.207. The number of rotatable bonds is 5. The van der Waals surface area contributed by atoms with Crippen LogP contribution in [0.15, 0.2) is 42.7 Å². The predicted molar refractivity (Wildman–Crippen MR) is 56.0 cm³/mol. The minimum atomic E-state index is 0.475. The molecule has 0 amide bonds. The first-order valence-electron chi connectivity index (χ1n) is 4.75. The van der Waals surface area contributed by atoms with Crippen LogP contribution in [0, 0.1) is 0 Å². The summed E-state index contributed by atoms with van der Waals surface area (Å²) in [6.07, 6.45) is 3.36. The summed E-state index contributed by atoms with van der Waals surface area (Å²) in [6, 6.07) is 10.2. The molecule has 15 heavy (non-hydrogen) atoms. The van der Waals surface area contributed by atoms with Crippen molar-refractivity contribution in [3.63, 3.8) is 0 Å². The maximum atomic E-state index is 5.44. The highest BCUT2D eigenvalue weighted by atomic mass is 16.5. The molecule has 1 aromatic heterocycles. The minimum Gasteiger partial charge on any atom is -0.490 e. The van der Waals surface area contributed by atoms with E-state index in [-0.39, 0.29) is 0 Å². The molecule has 78 valence electrons. The molecule has 1 heterocycles. The molecule has 0 spiro atoms. The van der Waals surface area contributed by atoms with Gasteiger partial charge in [-0.3, -0.25) is 0 Å². The Kier molecular flexibility index (Phi) is 3.22. The number of hydrogen-bond donors (Lipinski definition) is 1. The highest BCUT2D eigenvalue weighted by molar-refractivity contribution is 5.20. The molecule has 2 rings (SSSR count). The number of aromatic nitrogens is 2. The Morgan fingerprint density at radius 1 is 1.07 bits per heavy atom. The zero-order valence-corrected chi connectivity index (χ0v) is 8.22. The molecule has 0 aliphatic carbocycles. The molecule has 2 aromatic rings. The van der Waals surface area contributed by atoms with E-state index in [1.807, 2.05) is 30.3 Å². The monoisotopic (exact) mass is 204 g/mol. The molecule has 1 aromatic carbocycles. The van der Waals surface area contributed by atoms with Gasteiger partial charge in [0.1, 0.15) is 19.0 Å². The largest absolute Gasteiger partial charge is 0.490 e. The second kappa shape index (κ2) is 5.05. The third-order valence-electron chi connectivity index (χ3n) is 1.81. The molecule has 0 atom stereocenters. The van der Waals surface area contributed by atoms with Gasteiger partial charge in [0.2, 0.25) is 0 Å². The van der Waals surface area contributed by atoms with Gasteiger partial charge in [-0.05, 0) is 12.1 Å². The molecule has 0 unspecified atom stereocenters. The zero-order valence-electron chi connectivity index (χ0n) is 8.22.